The van der Waals surface area contributed by atoms with Crippen LogP contribution in [0.15, 0.2) is 30.5 Å². The molecule has 0 spiro atoms. The van der Waals surface area contributed by atoms with E-state index in [9.17, 15) is 4.79 Å². The predicted octanol–water partition coefficient (Wildman–Crippen LogP) is 2.95. The van der Waals surface area contributed by atoms with E-state index in [-0.39, 0.29) is 5.97 Å². The monoisotopic (exact) mass is 217 g/mol. The third-order valence-corrected chi connectivity index (χ3v) is 2.48. The Morgan fingerprint density at radius 3 is 3.00 bits per heavy atom. The van der Waals surface area contributed by atoms with Crippen molar-refractivity contribution >= 4 is 11.5 Å². The highest BCUT2D eigenvalue weighted by atomic mass is 16.5. The quantitative estimate of drug-likeness (QED) is 0.740. The predicted molar refractivity (Wildman–Crippen MR) is 62.7 cm³/mol. The number of aryl methyl sites for hydroxylation is 1. The number of pyridine rings is 1. The molecule has 2 aromatic heterocycles. The standard InChI is InChI=1S/C13H15NO2/c1-3-6-12(15)16-13-10(2)9-11-7-4-5-8-14(11)13/h4-5,7-9H,3,6H2,1-2H3. The smallest absolute Gasteiger partial charge is 0.312 e. The van der Waals surface area contributed by atoms with E-state index < -0.39 is 0 Å². The fourth-order valence-electron chi connectivity index (χ4n) is 1.73. The summed E-state index contributed by atoms with van der Waals surface area (Å²) < 4.78 is 7.25. The average Bonchev–Trinajstić information content (AvgIpc) is 2.56. The summed E-state index contributed by atoms with van der Waals surface area (Å²) in [7, 11) is 0. The number of rotatable bonds is 3. The van der Waals surface area contributed by atoms with Gasteiger partial charge in [0.2, 0.25) is 5.88 Å². The molecule has 0 fully saturated rings. The Hall–Kier alpha value is -1.77. The Labute approximate surface area is 94.6 Å². The lowest BCUT2D eigenvalue weighted by Gasteiger charge is -2.05. The van der Waals surface area contributed by atoms with Crippen molar-refractivity contribution in [2.24, 2.45) is 0 Å². The van der Waals surface area contributed by atoms with E-state index in [1.807, 2.05) is 48.7 Å². The number of hydrogen-bond acceptors (Lipinski definition) is 2. The number of carbonyl (C=O) groups excluding carboxylic acids is 1. The maximum Gasteiger partial charge on any atom is 0.312 e. The van der Waals surface area contributed by atoms with Gasteiger partial charge in [-0.2, -0.15) is 0 Å². The first-order valence-corrected chi connectivity index (χ1v) is 5.49. The number of hydrogen-bond donors (Lipinski definition) is 0. The number of nitrogens with zero attached hydrogens (tertiary/aromatic N) is 1. The molecule has 0 aliphatic rings. The molecular formula is C13H15NO2. The molecule has 0 saturated heterocycles. The van der Waals surface area contributed by atoms with E-state index in [0.717, 1.165) is 17.5 Å². The van der Waals surface area contributed by atoms with Gasteiger partial charge in [-0.3, -0.25) is 9.20 Å². The van der Waals surface area contributed by atoms with Crippen LogP contribution in [0.4, 0.5) is 0 Å². The normalized spacial score (nSPS) is 10.6. The molecular weight excluding hydrogens is 202 g/mol. The Morgan fingerprint density at radius 1 is 1.44 bits per heavy atom. The summed E-state index contributed by atoms with van der Waals surface area (Å²) in [5.74, 6) is 0.462. The van der Waals surface area contributed by atoms with Gasteiger partial charge in [0.25, 0.3) is 0 Å². The summed E-state index contributed by atoms with van der Waals surface area (Å²) in [5, 5.41) is 0. The Kier molecular flexibility index (Phi) is 2.95. The Balaban J connectivity index is 2.36. The fourth-order valence-corrected chi connectivity index (χ4v) is 1.73. The first-order chi connectivity index (χ1) is 7.72. The van der Waals surface area contributed by atoms with Crippen LogP contribution in [0.1, 0.15) is 25.3 Å². The van der Waals surface area contributed by atoms with Crippen molar-refractivity contribution in [3.8, 4) is 5.88 Å². The molecule has 0 atom stereocenters. The van der Waals surface area contributed by atoms with Crippen LogP contribution in [-0.2, 0) is 4.79 Å². The van der Waals surface area contributed by atoms with Gasteiger partial charge < -0.3 is 4.74 Å². The maximum absolute atomic E-state index is 11.5. The van der Waals surface area contributed by atoms with Gasteiger partial charge in [0, 0.05) is 23.7 Å². The number of aromatic nitrogens is 1. The largest absolute Gasteiger partial charge is 0.409 e. The summed E-state index contributed by atoms with van der Waals surface area (Å²) in [5.41, 5.74) is 2.02. The molecule has 0 aromatic carbocycles. The number of esters is 1. The zero-order valence-corrected chi connectivity index (χ0v) is 9.56. The third-order valence-electron chi connectivity index (χ3n) is 2.48. The third kappa shape index (κ3) is 1.94. The second-order valence-corrected chi connectivity index (χ2v) is 3.85. The first-order valence-electron chi connectivity index (χ1n) is 5.49. The molecule has 2 aromatic rings. The van der Waals surface area contributed by atoms with Crippen molar-refractivity contribution in [3.63, 3.8) is 0 Å². The highest BCUT2D eigenvalue weighted by Crippen LogP contribution is 2.23. The zero-order chi connectivity index (χ0) is 11.5. The first kappa shape index (κ1) is 10.7. The SMILES string of the molecule is CCCC(=O)Oc1c(C)cc2ccccn12. The molecule has 2 rings (SSSR count). The minimum Gasteiger partial charge on any atom is -0.409 e. The van der Waals surface area contributed by atoms with E-state index in [4.69, 9.17) is 4.74 Å². The van der Waals surface area contributed by atoms with Gasteiger partial charge in [-0.05, 0) is 31.5 Å². The molecule has 0 aliphatic heterocycles. The van der Waals surface area contributed by atoms with Crippen molar-refractivity contribution in [1.29, 1.82) is 0 Å². The van der Waals surface area contributed by atoms with E-state index in [2.05, 4.69) is 0 Å². The van der Waals surface area contributed by atoms with Crippen molar-refractivity contribution in [3.05, 3.63) is 36.0 Å². The second-order valence-electron chi connectivity index (χ2n) is 3.85. The van der Waals surface area contributed by atoms with Crippen molar-refractivity contribution in [2.75, 3.05) is 0 Å². The van der Waals surface area contributed by atoms with Gasteiger partial charge in [0.15, 0.2) is 0 Å². The van der Waals surface area contributed by atoms with Crippen molar-refractivity contribution in [2.45, 2.75) is 26.7 Å². The molecule has 84 valence electrons. The van der Waals surface area contributed by atoms with Crippen LogP contribution in [-0.4, -0.2) is 10.4 Å². The molecule has 0 saturated carbocycles. The molecule has 16 heavy (non-hydrogen) atoms. The second kappa shape index (κ2) is 4.39. The van der Waals surface area contributed by atoms with Gasteiger partial charge >= 0.3 is 5.97 Å². The summed E-state index contributed by atoms with van der Waals surface area (Å²) >= 11 is 0. The molecule has 0 amide bonds. The van der Waals surface area contributed by atoms with E-state index in [1.54, 1.807) is 0 Å². The molecule has 3 nitrogen and oxygen atoms in total. The zero-order valence-electron chi connectivity index (χ0n) is 9.56. The van der Waals surface area contributed by atoms with Crippen LogP contribution in [0.3, 0.4) is 0 Å². The fraction of sp³-hybridized carbons (Fsp3) is 0.308. The number of carbonyl (C=O) groups is 1. The minimum atomic E-state index is -0.172. The van der Waals surface area contributed by atoms with Crippen LogP contribution < -0.4 is 4.74 Å². The lowest BCUT2D eigenvalue weighted by atomic mass is 10.3. The van der Waals surface area contributed by atoms with Crippen LogP contribution in [0.25, 0.3) is 5.52 Å². The van der Waals surface area contributed by atoms with Gasteiger partial charge in [0.1, 0.15) is 0 Å². The molecule has 3 heteroatoms. The van der Waals surface area contributed by atoms with E-state index in [0.29, 0.717) is 12.3 Å². The molecule has 0 N–H and O–H groups in total. The van der Waals surface area contributed by atoms with E-state index >= 15 is 0 Å². The van der Waals surface area contributed by atoms with Gasteiger partial charge in [-0.1, -0.05) is 13.0 Å². The molecule has 0 unspecified atom stereocenters. The number of ether oxygens (including phenoxy) is 1. The van der Waals surface area contributed by atoms with Crippen LogP contribution >= 0.6 is 0 Å². The van der Waals surface area contributed by atoms with Crippen molar-refractivity contribution < 1.29 is 9.53 Å². The van der Waals surface area contributed by atoms with Crippen molar-refractivity contribution in [1.82, 2.24) is 4.40 Å². The lowest BCUT2D eigenvalue weighted by Crippen LogP contribution is -2.09. The van der Waals surface area contributed by atoms with Crippen LogP contribution in [0.5, 0.6) is 5.88 Å². The summed E-state index contributed by atoms with van der Waals surface area (Å²) in [4.78, 5) is 11.5. The summed E-state index contributed by atoms with van der Waals surface area (Å²) in [6, 6.07) is 7.88. The number of fused-ring (bicyclic) bond motifs is 1. The average molecular weight is 217 g/mol. The van der Waals surface area contributed by atoms with Gasteiger partial charge in [-0.25, -0.2) is 0 Å². The topological polar surface area (TPSA) is 30.7 Å². The Morgan fingerprint density at radius 2 is 2.25 bits per heavy atom. The highest BCUT2D eigenvalue weighted by Gasteiger charge is 2.11. The van der Waals surface area contributed by atoms with Gasteiger partial charge in [-0.15, -0.1) is 0 Å². The van der Waals surface area contributed by atoms with E-state index in [1.165, 1.54) is 0 Å². The molecule has 0 radical (unpaired) electrons. The molecule has 2 heterocycles. The van der Waals surface area contributed by atoms with Gasteiger partial charge in [0.05, 0.1) is 0 Å². The summed E-state index contributed by atoms with van der Waals surface area (Å²) in [6.45, 7) is 3.91. The lowest BCUT2D eigenvalue weighted by molar-refractivity contribution is -0.134. The highest BCUT2D eigenvalue weighted by molar-refractivity contribution is 5.73. The maximum atomic E-state index is 11.5. The Bertz CT molecular complexity index is 514. The van der Waals surface area contributed by atoms with Crippen LogP contribution in [0.2, 0.25) is 0 Å². The minimum absolute atomic E-state index is 0.172. The molecule has 0 aliphatic carbocycles. The molecule has 0 bridgehead atoms. The van der Waals surface area contributed by atoms with Crippen LogP contribution in [0, 0.1) is 6.92 Å². The summed E-state index contributed by atoms with van der Waals surface area (Å²) in [6.07, 6.45) is 3.16.